The molecule has 2 aromatic rings. The van der Waals surface area contributed by atoms with E-state index < -0.39 is 5.97 Å². The Kier molecular flexibility index (Phi) is 4.14. The third-order valence-corrected chi connectivity index (χ3v) is 3.57. The minimum atomic E-state index is -0.398. The quantitative estimate of drug-likeness (QED) is 0.814. The first kappa shape index (κ1) is 14.3. The van der Waals surface area contributed by atoms with Crippen molar-refractivity contribution in [2.75, 3.05) is 11.4 Å². The lowest BCUT2D eigenvalue weighted by Crippen LogP contribution is -2.23. The van der Waals surface area contributed by atoms with Crippen LogP contribution in [0.25, 0.3) is 0 Å². The summed E-state index contributed by atoms with van der Waals surface area (Å²) < 4.78 is 5.22. The predicted molar refractivity (Wildman–Crippen MR) is 81.4 cm³/mol. The molecule has 0 aliphatic carbocycles. The molecule has 0 radical (unpaired) electrons. The van der Waals surface area contributed by atoms with Crippen molar-refractivity contribution >= 4 is 17.6 Å². The van der Waals surface area contributed by atoms with Gasteiger partial charge in [0, 0.05) is 24.8 Å². The zero-order chi connectivity index (χ0) is 15.4. The number of hydrogen-bond acceptors (Lipinski definition) is 4. The van der Waals surface area contributed by atoms with Gasteiger partial charge in [-0.25, -0.2) is 4.79 Å². The number of carbonyl (C=O) groups excluding carboxylic acids is 2. The predicted octanol–water partition coefficient (Wildman–Crippen LogP) is 2.57. The van der Waals surface area contributed by atoms with Crippen molar-refractivity contribution in [3.63, 3.8) is 0 Å². The molecule has 0 N–H and O–H groups in total. The molecule has 5 heteroatoms. The molecule has 1 amide bonds. The van der Waals surface area contributed by atoms with Gasteiger partial charge < -0.3 is 9.64 Å². The van der Waals surface area contributed by atoms with Crippen molar-refractivity contribution in [3.05, 3.63) is 59.9 Å². The van der Waals surface area contributed by atoms with Crippen LogP contribution in [-0.4, -0.2) is 23.4 Å². The number of aromatic nitrogens is 1. The first-order valence-electron chi connectivity index (χ1n) is 7.21. The number of esters is 1. The van der Waals surface area contributed by atoms with Gasteiger partial charge in [0.25, 0.3) is 0 Å². The minimum absolute atomic E-state index is 0.130. The van der Waals surface area contributed by atoms with Crippen LogP contribution in [0.15, 0.2) is 48.7 Å². The second-order valence-corrected chi connectivity index (χ2v) is 5.09. The van der Waals surface area contributed by atoms with Crippen molar-refractivity contribution in [2.45, 2.75) is 19.4 Å². The van der Waals surface area contributed by atoms with E-state index in [0.29, 0.717) is 17.7 Å². The van der Waals surface area contributed by atoms with E-state index >= 15 is 0 Å². The molecule has 1 saturated heterocycles. The van der Waals surface area contributed by atoms with Crippen molar-refractivity contribution in [2.24, 2.45) is 0 Å². The van der Waals surface area contributed by atoms with Crippen LogP contribution in [0.3, 0.4) is 0 Å². The number of benzene rings is 1. The van der Waals surface area contributed by atoms with Crippen LogP contribution < -0.4 is 4.90 Å². The fourth-order valence-electron chi connectivity index (χ4n) is 2.40. The number of anilines is 1. The van der Waals surface area contributed by atoms with Gasteiger partial charge in [0.15, 0.2) is 0 Å². The fourth-order valence-corrected chi connectivity index (χ4v) is 2.40. The van der Waals surface area contributed by atoms with E-state index in [1.54, 1.807) is 41.4 Å². The first-order chi connectivity index (χ1) is 10.7. The number of hydrogen-bond donors (Lipinski definition) is 0. The third-order valence-electron chi connectivity index (χ3n) is 3.57. The van der Waals surface area contributed by atoms with E-state index in [4.69, 9.17) is 4.74 Å². The average Bonchev–Trinajstić information content (AvgIpc) is 3.00. The van der Waals surface area contributed by atoms with Crippen LogP contribution in [-0.2, 0) is 16.1 Å². The molecule has 112 valence electrons. The van der Waals surface area contributed by atoms with Crippen LogP contribution in [0.5, 0.6) is 0 Å². The van der Waals surface area contributed by atoms with Gasteiger partial charge in [0.1, 0.15) is 6.61 Å². The van der Waals surface area contributed by atoms with Crippen LogP contribution in [0, 0.1) is 0 Å². The highest BCUT2D eigenvalue weighted by Gasteiger charge is 2.21. The number of carbonyl (C=O) groups is 2. The number of ether oxygens (including phenoxy) is 1. The topological polar surface area (TPSA) is 59.5 Å². The molecule has 1 aliphatic rings. The molecule has 22 heavy (non-hydrogen) atoms. The van der Waals surface area contributed by atoms with Crippen molar-refractivity contribution < 1.29 is 14.3 Å². The Hall–Kier alpha value is -2.69. The summed E-state index contributed by atoms with van der Waals surface area (Å²) in [5.74, 6) is -0.268. The average molecular weight is 296 g/mol. The molecule has 0 saturated carbocycles. The molecule has 2 heterocycles. The normalized spacial score (nSPS) is 14.2. The van der Waals surface area contributed by atoms with Crippen LogP contribution in [0.2, 0.25) is 0 Å². The zero-order valence-corrected chi connectivity index (χ0v) is 12.1. The van der Waals surface area contributed by atoms with E-state index in [1.807, 2.05) is 12.1 Å². The van der Waals surface area contributed by atoms with Crippen molar-refractivity contribution in [3.8, 4) is 0 Å². The SMILES string of the molecule is O=C(OCc1ccccn1)c1ccc(N2CCCC2=O)cc1. The molecule has 1 aliphatic heterocycles. The molecule has 0 atom stereocenters. The summed E-state index contributed by atoms with van der Waals surface area (Å²) in [6.07, 6.45) is 3.13. The summed E-state index contributed by atoms with van der Waals surface area (Å²) >= 11 is 0. The smallest absolute Gasteiger partial charge is 0.338 e. The molecule has 0 spiro atoms. The van der Waals surface area contributed by atoms with Gasteiger partial charge >= 0.3 is 5.97 Å². The van der Waals surface area contributed by atoms with Gasteiger partial charge in [0.05, 0.1) is 11.3 Å². The molecular weight excluding hydrogens is 280 g/mol. The maximum atomic E-state index is 12.0. The van der Waals surface area contributed by atoms with Crippen LogP contribution in [0.1, 0.15) is 28.9 Å². The van der Waals surface area contributed by atoms with E-state index in [9.17, 15) is 9.59 Å². The largest absolute Gasteiger partial charge is 0.456 e. The van der Waals surface area contributed by atoms with E-state index in [2.05, 4.69) is 4.98 Å². The molecule has 0 unspecified atom stereocenters. The van der Waals surface area contributed by atoms with Gasteiger partial charge in [-0.05, 0) is 42.8 Å². The summed E-state index contributed by atoms with van der Waals surface area (Å²) in [6, 6.07) is 12.4. The first-order valence-corrected chi connectivity index (χ1v) is 7.21. The highest BCUT2D eigenvalue weighted by atomic mass is 16.5. The van der Waals surface area contributed by atoms with Gasteiger partial charge in [-0.1, -0.05) is 6.07 Å². The van der Waals surface area contributed by atoms with Gasteiger partial charge in [-0.2, -0.15) is 0 Å². The Labute approximate surface area is 128 Å². The fraction of sp³-hybridized carbons (Fsp3) is 0.235. The molecule has 5 nitrogen and oxygen atoms in total. The Morgan fingerprint density at radius 3 is 2.64 bits per heavy atom. The second kappa shape index (κ2) is 6.39. The number of nitrogens with zero attached hydrogens (tertiary/aromatic N) is 2. The van der Waals surface area contributed by atoms with Crippen LogP contribution in [0.4, 0.5) is 5.69 Å². The number of rotatable bonds is 4. The minimum Gasteiger partial charge on any atom is -0.456 e. The third kappa shape index (κ3) is 3.14. The van der Waals surface area contributed by atoms with Gasteiger partial charge in [-0.15, -0.1) is 0 Å². The molecule has 1 fully saturated rings. The van der Waals surface area contributed by atoms with E-state index in [1.165, 1.54) is 0 Å². The molecule has 0 bridgehead atoms. The zero-order valence-electron chi connectivity index (χ0n) is 12.1. The molecule has 1 aromatic heterocycles. The Bertz CT molecular complexity index is 668. The molecular formula is C17H16N2O3. The van der Waals surface area contributed by atoms with E-state index in [-0.39, 0.29) is 12.5 Å². The number of amides is 1. The number of pyridine rings is 1. The summed E-state index contributed by atoms with van der Waals surface area (Å²) in [4.78, 5) is 29.5. The lowest BCUT2D eigenvalue weighted by molar-refractivity contribution is -0.117. The Morgan fingerprint density at radius 2 is 2.00 bits per heavy atom. The second-order valence-electron chi connectivity index (χ2n) is 5.09. The van der Waals surface area contributed by atoms with Crippen LogP contribution >= 0.6 is 0 Å². The molecule has 1 aromatic carbocycles. The summed E-state index contributed by atoms with van der Waals surface area (Å²) in [7, 11) is 0. The highest BCUT2D eigenvalue weighted by Crippen LogP contribution is 2.21. The maximum Gasteiger partial charge on any atom is 0.338 e. The van der Waals surface area contributed by atoms with Crippen molar-refractivity contribution in [1.82, 2.24) is 4.98 Å². The van der Waals surface area contributed by atoms with Gasteiger partial charge in [-0.3, -0.25) is 9.78 Å². The maximum absolute atomic E-state index is 12.0. The van der Waals surface area contributed by atoms with Crippen molar-refractivity contribution in [1.29, 1.82) is 0 Å². The Balaban J connectivity index is 1.62. The standard InChI is InChI=1S/C17H16N2O3/c20-16-5-3-11-19(16)15-8-6-13(7-9-15)17(21)22-12-14-4-1-2-10-18-14/h1-2,4,6-10H,3,5,11-12H2. The summed E-state index contributed by atoms with van der Waals surface area (Å²) in [5, 5.41) is 0. The van der Waals surface area contributed by atoms with Gasteiger partial charge in [0.2, 0.25) is 5.91 Å². The van der Waals surface area contributed by atoms with E-state index in [0.717, 1.165) is 18.7 Å². The summed E-state index contributed by atoms with van der Waals surface area (Å²) in [5.41, 5.74) is 1.99. The summed E-state index contributed by atoms with van der Waals surface area (Å²) in [6.45, 7) is 0.883. The lowest BCUT2D eigenvalue weighted by atomic mass is 10.2. The lowest BCUT2D eigenvalue weighted by Gasteiger charge is -2.15. The highest BCUT2D eigenvalue weighted by molar-refractivity contribution is 5.96. The monoisotopic (exact) mass is 296 g/mol. The molecule has 3 rings (SSSR count). The Morgan fingerprint density at radius 1 is 1.18 bits per heavy atom.